The maximum atomic E-state index is 15.3. The van der Waals surface area contributed by atoms with Crippen molar-refractivity contribution >= 4 is 29.6 Å². The van der Waals surface area contributed by atoms with Gasteiger partial charge in [0.2, 0.25) is 5.91 Å². The second-order valence-corrected chi connectivity index (χ2v) is 14.8. The van der Waals surface area contributed by atoms with E-state index in [1.54, 1.807) is 13.8 Å². The molecular weight excluding hydrogens is 626 g/mol. The Morgan fingerprint density at radius 2 is 1.60 bits per heavy atom. The van der Waals surface area contributed by atoms with E-state index in [4.69, 9.17) is 33.2 Å². The van der Waals surface area contributed by atoms with Crippen LogP contribution in [0.1, 0.15) is 75.7 Å². The van der Waals surface area contributed by atoms with E-state index in [2.05, 4.69) is 5.32 Å². The molecule has 2 unspecified atom stereocenters. The van der Waals surface area contributed by atoms with E-state index in [-0.39, 0.29) is 36.6 Å². The van der Waals surface area contributed by atoms with Crippen LogP contribution in [-0.2, 0) is 57.1 Å². The number of hydrogen-bond acceptors (Lipinski definition) is 12. The number of fused-ring (bicyclic) bond motifs is 5. The monoisotopic (exact) mass is 679 g/mol. The van der Waals surface area contributed by atoms with Crippen molar-refractivity contribution in [2.45, 2.75) is 123 Å². The van der Waals surface area contributed by atoms with Gasteiger partial charge in [0, 0.05) is 59.4 Å². The normalized spacial score (nSPS) is 39.7. The van der Waals surface area contributed by atoms with E-state index in [0.29, 0.717) is 11.1 Å². The number of methoxy groups -OCH3 is 3. The highest BCUT2D eigenvalue weighted by molar-refractivity contribution is 5.93. The Morgan fingerprint density at radius 3 is 2.06 bits per heavy atom. The maximum Gasteiger partial charge on any atom is 0.337 e. The number of carbonyl (C=O) groups is 5. The lowest BCUT2D eigenvalue weighted by molar-refractivity contribution is -0.356. The van der Waals surface area contributed by atoms with Gasteiger partial charge in [-0.2, -0.15) is 0 Å². The van der Waals surface area contributed by atoms with Gasteiger partial charge in [-0.3, -0.25) is 19.2 Å². The van der Waals surface area contributed by atoms with Crippen LogP contribution in [0.5, 0.6) is 0 Å². The largest absolute Gasteiger partial charge is 0.459 e. The Morgan fingerprint density at radius 1 is 0.979 bits per heavy atom. The number of carbonyl (C=O) groups excluding carboxylic acids is 5. The summed E-state index contributed by atoms with van der Waals surface area (Å²) in [5, 5.41) is 2.66. The van der Waals surface area contributed by atoms with Crippen molar-refractivity contribution in [2.24, 2.45) is 28.6 Å². The highest BCUT2D eigenvalue weighted by Gasteiger charge is 2.79. The van der Waals surface area contributed by atoms with Gasteiger partial charge in [-0.1, -0.05) is 34.6 Å². The zero-order valence-electron chi connectivity index (χ0n) is 30.5. The summed E-state index contributed by atoms with van der Waals surface area (Å²) < 4.78 is 43.0. The SMILES string of the molecule is CO[C@H]1C(=O)[C@]2(C)C(C)C(C)[C@H]3OC[C@@]3(OC(C)=O)[C@H]2[C@H](OC(C)=O)[C@]2(OC)C[C@H](OC(=O)[C@H](OC)[C@H](C)NC(C)=O)C(C)=C1C2(C)C. The van der Waals surface area contributed by atoms with E-state index in [1.165, 1.54) is 42.1 Å². The van der Waals surface area contributed by atoms with Gasteiger partial charge in [0.05, 0.1) is 18.6 Å². The molecule has 3 aliphatic carbocycles. The van der Waals surface area contributed by atoms with Crippen LogP contribution >= 0.6 is 0 Å². The smallest absolute Gasteiger partial charge is 0.337 e. The fourth-order valence-corrected chi connectivity index (χ4v) is 9.70. The molecule has 4 rings (SSSR count). The number of nitrogens with one attached hydrogen (secondary N) is 1. The van der Waals surface area contributed by atoms with Crippen molar-refractivity contribution in [3.63, 3.8) is 0 Å². The minimum Gasteiger partial charge on any atom is -0.459 e. The number of Topliss-reactive ketones (excluding diaryl/α,β-unsaturated/α-hetero) is 1. The van der Waals surface area contributed by atoms with Crippen molar-refractivity contribution < 1.29 is 57.1 Å². The van der Waals surface area contributed by atoms with Gasteiger partial charge < -0.3 is 38.5 Å². The molecule has 12 atom stereocenters. The van der Waals surface area contributed by atoms with E-state index < -0.39 is 82.4 Å². The standard InChI is InChI=1S/C35H53NO12/c1-16-18(3)33(10)27(34(48-22(7)39)15-45-29(16)34)30(46-21(6)38)35(44-13)14-23(47-31(41)25(42-11)19(4)36-20(5)37)17(2)24(32(35,8)9)26(43-12)28(33)40/h16,18-19,23,25-27,29-30H,14-15H2,1-13H3,(H,36,37)/t16?,18?,19-,23-,25+,26+,27-,29+,30-,33+,34+,35+/m0/s1. The van der Waals surface area contributed by atoms with Crippen LogP contribution in [0.2, 0.25) is 0 Å². The van der Waals surface area contributed by atoms with Crippen molar-refractivity contribution in [3.05, 3.63) is 11.1 Å². The summed E-state index contributed by atoms with van der Waals surface area (Å²) in [7, 11) is 4.29. The first-order chi connectivity index (χ1) is 22.2. The lowest BCUT2D eigenvalue weighted by atomic mass is 9.41. The first kappa shape index (κ1) is 37.9. The zero-order chi connectivity index (χ0) is 36.3. The molecule has 2 bridgehead atoms. The summed E-state index contributed by atoms with van der Waals surface area (Å²) in [6.07, 6.45) is -5.05. The topological polar surface area (TPSA) is 162 Å². The molecule has 0 aromatic carbocycles. The fourth-order valence-electron chi connectivity index (χ4n) is 9.70. The first-order valence-electron chi connectivity index (χ1n) is 16.6. The summed E-state index contributed by atoms with van der Waals surface area (Å²) in [6, 6.07) is -0.720. The van der Waals surface area contributed by atoms with Gasteiger partial charge >= 0.3 is 17.9 Å². The molecule has 3 fully saturated rings. The van der Waals surface area contributed by atoms with Gasteiger partial charge in [-0.25, -0.2) is 4.79 Å². The minimum atomic E-state index is -1.46. The molecule has 0 aromatic heterocycles. The van der Waals surface area contributed by atoms with Crippen LogP contribution in [0.25, 0.3) is 0 Å². The van der Waals surface area contributed by atoms with Crippen LogP contribution in [0.3, 0.4) is 0 Å². The number of rotatable bonds is 9. The quantitative estimate of drug-likeness (QED) is 0.216. The Balaban J connectivity index is 2.04. The highest BCUT2D eigenvalue weighted by atomic mass is 16.6. The second kappa shape index (κ2) is 13.1. The molecule has 0 spiro atoms. The molecular formula is C35H53NO12. The third-order valence-corrected chi connectivity index (χ3v) is 12.1. The summed E-state index contributed by atoms with van der Waals surface area (Å²) >= 11 is 0. The lowest BCUT2D eigenvalue weighted by Gasteiger charge is -2.70. The van der Waals surface area contributed by atoms with E-state index in [1.807, 2.05) is 34.6 Å². The minimum absolute atomic E-state index is 0.00326. The van der Waals surface area contributed by atoms with Crippen LogP contribution in [0.15, 0.2) is 11.1 Å². The second-order valence-electron chi connectivity index (χ2n) is 14.8. The van der Waals surface area contributed by atoms with Crippen molar-refractivity contribution in [2.75, 3.05) is 27.9 Å². The zero-order valence-corrected chi connectivity index (χ0v) is 30.5. The predicted octanol–water partition coefficient (Wildman–Crippen LogP) is 2.71. The average Bonchev–Trinajstić information content (AvgIpc) is 2.96. The molecule has 0 aromatic rings. The summed E-state index contributed by atoms with van der Waals surface area (Å²) in [5.74, 6) is -4.10. The van der Waals surface area contributed by atoms with Crippen LogP contribution in [0.4, 0.5) is 0 Å². The lowest BCUT2D eigenvalue weighted by Crippen LogP contribution is -2.82. The fraction of sp³-hybridized carbons (Fsp3) is 0.800. The molecule has 1 aliphatic heterocycles. The summed E-state index contributed by atoms with van der Waals surface area (Å²) in [5.41, 5.74) is -4.03. The number of amides is 1. The van der Waals surface area contributed by atoms with Gasteiger partial charge in [0.25, 0.3) is 0 Å². The van der Waals surface area contributed by atoms with Crippen LogP contribution in [0, 0.1) is 28.6 Å². The van der Waals surface area contributed by atoms with Gasteiger partial charge in [0.1, 0.15) is 30.0 Å². The van der Waals surface area contributed by atoms with Crippen molar-refractivity contribution in [1.82, 2.24) is 5.32 Å². The van der Waals surface area contributed by atoms with E-state index in [9.17, 15) is 19.2 Å². The molecule has 1 amide bonds. The third-order valence-electron chi connectivity index (χ3n) is 12.1. The third kappa shape index (κ3) is 5.39. The molecule has 2 saturated carbocycles. The number of ketones is 1. The predicted molar refractivity (Wildman–Crippen MR) is 170 cm³/mol. The average molecular weight is 680 g/mol. The summed E-state index contributed by atoms with van der Waals surface area (Å²) in [6.45, 7) is 16.9. The number of hydrogen-bond donors (Lipinski definition) is 1. The van der Waals surface area contributed by atoms with Crippen LogP contribution in [-0.4, -0.2) is 105 Å². The molecule has 0 radical (unpaired) electrons. The van der Waals surface area contributed by atoms with E-state index in [0.717, 1.165) is 0 Å². The molecule has 1 N–H and O–H groups in total. The molecule has 4 aliphatic rings. The molecule has 13 nitrogen and oxygen atoms in total. The van der Waals surface area contributed by atoms with Crippen LogP contribution < -0.4 is 5.32 Å². The maximum absolute atomic E-state index is 15.3. The van der Waals surface area contributed by atoms with Crippen molar-refractivity contribution in [1.29, 1.82) is 0 Å². The molecule has 1 saturated heterocycles. The molecule has 1 heterocycles. The van der Waals surface area contributed by atoms with Crippen molar-refractivity contribution in [3.8, 4) is 0 Å². The molecule has 13 heteroatoms. The Kier molecular flexibility index (Phi) is 10.4. The van der Waals surface area contributed by atoms with Gasteiger partial charge in [-0.05, 0) is 36.8 Å². The van der Waals surface area contributed by atoms with Gasteiger partial charge in [-0.15, -0.1) is 0 Å². The molecule has 270 valence electrons. The Hall–Kier alpha value is -2.87. The highest BCUT2D eigenvalue weighted by Crippen LogP contribution is 2.67. The molecule has 48 heavy (non-hydrogen) atoms. The Bertz CT molecular complexity index is 1370. The first-order valence-corrected chi connectivity index (χ1v) is 16.6. The van der Waals surface area contributed by atoms with E-state index >= 15 is 4.79 Å². The number of esters is 3. The van der Waals surface area contributed by atoms with Gasteiger partial charge in [0.15, 0.2) is 17.5 Å². The Labute approximate surface area is 283 Å². The number of ether oxygens (including phenoxy) is 7. The summed E-state index contributed by atoms with van der Waals surface area (Å²) in [4.78, 5) is 66.8.